The van der Waals surface area contributed by atoms with Crippen LogP contribution in [0.3, 0.4) is 0 Å². The van der Waals surface area contributed by atoms with Crippen LogP contribution in [0.25, 0.3) is 5.57 Å². The molecule has 25 heavy (non-hydrogen) atoms. The van der Waals surface area contributed by atoms with Crippen molar-refractivity contribution in [3.63, 3.8) is 0 Å². The zero-order valence-corrected chi connectivity index (χ0v) is 15.2. The summed E-state index contributed by atoms with van der Waals surface area (Å²) >= 11 is 0. The van der Waals surface area contributed by atoms with Gasteiger partial charge in [0.05, 0.1) is 13.4 Å². The van der Waals surface area contributed by atoms with Crippen molar-refractivity contribution in [1.82, 2.24) is 5.32 Å². The van der Waals surface area contributed by atoms with Crippen LogP contribution in [0.2, 0.25) is 0 Å². The SMILES string of the molecule is COc1cc(NC(=O)C(=O)NC(C)(C)C)ccc1C1=CCOC=C1C. The van der Waals surface area contributed by atoms with Crippen LogP contribution in [0.5, 0.6) is 5.75 Å². The molecule has 0 saturated heterocycles. The van der Waals surface area contributed by atoms with E-state index in [-0.39, 0.29) is 0 Å². The van der Waals surface area contributed by atoms with E-state index in [0.29, 0.717) is 18.0 Å². The monoisotopic (exact) mass is 344 g/mol. The highest BCUT2D eigenvalue weighted by atomic mass is 16.5. The van der Waals surface area contributed by atoms with Gasteiger partial charge in [-0.1, -0.05) is 0 Å². The quantitative estimate of drug-likeness (QED) is 0.827. The van der Waals surface area contributed by atoms with Crippen molar-refractivity contribution in [3.05, 3.63) is 41.7 Å². The van der Waals surface area contributed by atoms with Crippen molar-refractivity contribution < 1.29 is 19.1 Å². The van der Waals surface area contributed by atoms with Gasteiger partial charge in [0.2, 0.25) is 0 Å². The molecule has 1 aliphatic heterocycles. The molecular formula is C19H24N2O4. The van der Waals surface area contributed by atoms with Crippen LogP contribution in [-0.4, -0.2) is 31.1 Å². The normalized spacial score (nSPS) is 14.0. The number of ether oxygens (including phenoxy) is 2. The molecule has 0 unspecified atom stereocenters. The van der Waals surface area contributed by atoms with E-state index in [4.69, 9.17) is 9.47 Å². The van der Waals surface area contributed by atoms with Gasteiger partial charge in [-0.15, -0.1) is 0 Å². The first kappa shape index (κ1) is 18.6. The Morgan fingerprint density at radius 2 is 1.92 bits per heavy atom. The molecular weight excluding hydrogens is 320 g/mol. The Morgan fingerprint density at radius 1 is 1.20 bits per heavy atom. The molecule has 6 nitrogen and oxygen atoms in total. The minimum atomic E-state index is -0.717. The summed E-state index contributed by atoms with van der Waals surface area (Å²) in [5.41, 5.74) is 2.92. The zero-order valence-electron chi connectivity index (χ0n) is 15.2. The molecule has 134 valence electrons. The lowest BCUT2D eigenvalue weighted by Gasteiger charge is -2.20. The predicted octanol–water partition coefficient (Wildman–Crippen LogP) is 2.87. The third-order valence-electron chi connectivity index (χ3n) is 3.51. The molecule has 0 fully saturated rings. The fourth-order valence-electron chi connectivity index (χ4n) is 2.43. The van der Waals surface area contributed by atoms with Gasteiger partial charge >= 0.3 is 11.8 Å². The number of rotatable bonds is 3. The molecule has 1 aliphatic rings. The van der Waals surface area contributed by atoms with Gasteiger partial charge < -0.3 is 20.1 Å². The Kier molecular flexibility index (Phi) is 5.51. The van der Waals surface area contributed by atoms with Crippen LogP contribution in [0.1, 0.15) is 33.3 Å². The summed E-state index contributed by atoms with van der Waals surface area (Å²) in [6.07, 6.45) is 3.68. The average molecular weight is 344 g/mol. The Morgan fingerprint density at radius 3 is 2.52 bits per heavy atom. The van der Waals surface area contributed by atoms with Gasteiger partial charge in [0, 0.05) is 22.9 Å². The first-order valence-corrected chi connectivity index (χ1v) is 8.02. The molecule has 1 aromatic rings. The van der Waals surface area contributed by atoms with E-state index in [1.807, 2.05) is 39.8 Å². The summed E-state index contributed by atoms with van der Waals surface area (Å²) in [6.45, 7) is 7.90. The maximum Gasteiger partial charge on any atom is 0.313 e. The second-order valence-electron chi connectivity index (χ2n) is 6.83. The largest absolute Gasteiger partial charge is 0.497 e. The molecule has 0 radical (unpaired) electrons. The molecule has 2 amide bonds. The number of allylic oxidation sites excluding steroid dienone is 2. The van der Waals surface area contributed by atoms with Crippen LogP contribution < -0.4 is 15.4 Å². The summed E-state index contributed by atoms with van der Waals surface area (Å²) in [6, 6.07) is 5.29. The van der Waals surface area contributed by atoms with Crippen molar-refractivity contribution in [3.8, 4) is 5.75 Å². The number of amides is 2. The molecule has 1 aromatic carbocycles. The van der Waals surface area contributed by atoms with Crippen molar-refractivity contribution in [1.29, 1.82) is 0 Å². The molecule has 0 aromatic heterocycles. The summed E-state index contributed by atoms with van der Waals surface area (Å²) in [4.78, 5) is 23.9. The third kappa shape index (κ3) is 4.86. The predicted molar refractivity (Wildman–Crippen MR) is 97.2 cm³/mol. The number of nitrogens with one attached hydrogen (secondary N) is 2. The highest BCUT2D eigenvalue weighted by Gasteiger charge is 2.21. The first-order chi connectivity index (χ1) is 11.7. The molecule has 0 bridgehead atoms. The van der Waals surface area contributed by atoms with E-state index in [9.17, 15) is 9.59 Å². The summed E-state index contributed by atoms with van der Waals surface area (Å²) in [7, 11) is 1.57. The molecule has 2 N–H and O–H groups in total. The molecule has 2 rings (SSSR count). The zero-order chi connectivity index (χ0) is 18.6. The number of hydrogen-bond donors (Lipinski definition) is 2. The van der Waals surface area contributed by atoms with E-state index in [2.05, 4.69) is 10.6 Å². The molecule has 6 heteroatoms. The Labute approximate surface area is 147 Å². The minimum Gasteiger partial charge on any atom is -0.497 e. The molecule has 0 saturated carbocycles. The lowest BCUT2D eigenvalue weighted by atomic mass is 9.97. The summed E-state index contributed by atoms with van der Waals surface area (Å²) < 4.78 is 10.7. The van der Waals surface area contributed by atoms with E-state index in [1.54, 1.807) is 25.5 Å². The van der Waals surface area contributed by atoms with Gasteiger partial charge in [0.15, 0.2) is 0 Å². The van der Waals surface area contributed by atoms with Gasteiger partial charge in [-0.05, 0) is 57.0 Å². The fraction of sp³-hybridized carbons (Fsp3) is 0.368. The number of anilines is 1. The van der Waals surface area contributed by atoms with Crippen molar-refractivity contribution >= 4 is 23.1 Å². The second kappa shape index (κ2) is 7.42. The molecule has 1 heterocycles. The maximum absolute atomic E-state index is 12.0. The van der Waals surface area contributed by atoms with Crippen LogP contribution in [0, 0.1) is 0 Å². The number of methoxy groups -OCH3 is 1. The molecule has 0 atom stereocenters. The molecule has 0 spiro atoms. The number of carbonyl (C=O) groups excluding carboxylic acids is 2. The van der Waals surface area contributed by atoms with E-state index < -0.39 is 17.4 Å². The highest BCUT2D eigenvalue weighted by Crippen LogP contribution is 2.34. The van der Waals surface area contributed by atoms with E-state index >= 15 is 0 Å². The molecule has 0 aliphatic carbocycles. The van der Waals surface area contributed by atoms with Crippen LogP contribution in [-0.2, 0) is 14.3 Å². The van der Waals surface area contributed by atoms with Crippen molar-refractivity contribution in [2.75, 3.05) is 19.0 Å². The number of carbonyl (C=O) groups is 2. The Balaban J connectivity index is 2.19. The van der Waals surface area contributed by atoms with Crippen LogP contribution >= 0.6 is 0 Å². The van der Waals surface area contributed by atoms with E-state index in [1.165, 1.54) is 0 Å². The van der Waals surface area contributed by atoms with Gasteiger partial charge in [0.25, 0.3) is 0 Å². The van der Waals surface area contributed by atoms with Gasteiger partial charge in [-0.25, -0.2) is 0 Å². The fourth-order valence-corrected chi connectivity index (χ4v) is 2.43. The maximum atomic E-state index is 12.0. The topological polar surface area (TPSA) is 76.7 Å². The first-order valence-electron chi connectivity index (χ1n) is 8.02. The minimum absolute atomic E-state index is 0.477. The van der Waals surface area contributed by atoms with Gasteiger partial charge in [-0.2, -0.15) is 0 Å². The van der Waals surface area contributed by atoms with Crippen molar-refractivity contribution in [2.45, 2.75) is 33.2 Å². The average Bonchev–Trinajstić information content (AvgIpc) is 2.54. The standard InChI is InChI=1S/C19H24N2O4/c1-12-11-25-9-8-14(12)15-7-6-13(10-16(15)24-5)20-17(22)18(23)21-19(2,3)4/h6-8,10-11H,9H2,1-5H3,(H,20,22)(H,21,23). The van der Waals surface area contributed by atoms with E-state index in [0.717, 1.165) is 16.7 Å². The Bertz CT molecular complexity index is 742. The second-order valence-corrected chi connectivity index (χ2v) is 6.83. The van der Waals surface area contributed by atoms with Crippen molar-refractivity contribution in [2.24, 2.45) is 0 Å². The number of hydrogen-bond acceptors (Lipinski definition) is 4. The lowest BCUT2D eigenvalue weighted by Crippen LogP contribution is -2.46. The summed E-state index contributed by atoms with van der Waals surface area (Å²) in [5.74, 6) is -0.789. The number of benzene rings is 1. The Hall–Kier alpha value is -2.76. The smallest absolute Gasteiger partial charge is 0.313 e. The summed E-state index contributed by atoms with van der Waals surface area (Å²) in [5, 5.41) is 5.21. The van der Waals surface area contributed by atoms with Crippen LogP contribution in [0.4, 0.5) is 5.69 Å². The van der Waals surface area contributed by atoms with Crippen LogP contribution in [0.15, 0.2) is 36.1 Å². The van der Waals surface area contributed by atoms with Gasteiger partial charge in [-0.3, -0.25) is 9.59 Å². The third-order valence-corrected chi connectivity index (χ3v) is 3.51. The van der Waals surface area contributed by atoms with Gasteiger partial charge in [0.1, 0.15) is 12.4 Å². The lowest BCUT2D eigenvalue weighted by molar-refractivity contribution is -0.137. The highest BCUT2D eigenvalue weighted by molar-refractivity contribution is 6.39.